The van der Waals surface area contributed by atoms with Crippen molar-refractivity contribution in [3.63, 3.8) is 0 Å². The number of nitrogens with one attached hydrogen (secondary N) is 1. The van der Waals surface area contributed by atoms with Crippen LogP contribution in [0.4, 0.5) is 4.39 Å². The Balaban J connectivity index is 1.36. The number of benzene rings is 2. The van der Waals surface area contributed by atoms with Gasteiger partial charge in [-0.1, -0.05) is 23.7 Å². The van der Waals surface area contributed by atoms with Crippen LogP contribution >= 0.6 is 11.6 Å². The molecular formula is C21H22ClFN2O. The topological polar surface area (TPSA) is 39.3 Å². The van der Waals surface area contributed by atoms with Crippen molar-refractivity contribution < 1.29 is 9.50 Å². The summed E-state index contributed by atoms with van der Waals surface area (Å²) < 4.78 is 13.0. The highest BCUT2D eigenvalue weighted by Crippen LogP contribution is 2.30. The van der Waals surface area contributed by atoms with Gasteiger partial charge in [0.25, 0.3) is 0 Å². The molecule has 1 unspecified atom stereocenters. The van der Waals surface area contributed by atoms with Crippen LogP contribution in [-0.2, 0) is 13.0 Å². The second-order valence-corrected chi connectivity index (χ2v) is 7.44. The maximum atomic E-state index is 13.0. The molecule has 0 spiro atoms. The first kappa shape index (κ1) is 17.5. The zero-order valence-electron chi connectivity index (χ0n) is 14.5. The summed E-state index contributed by atoms with van der Waals surface area (Å²) in [5, 5.41) is 12.3. The number of H-pyrrole nitrogens is 1. The average Bonchev–Trinajstić information content (AvgIpc) is 2.99. The van der Waals surface area contributed by atoms with Gasteiger partial charge in [0, 0.05) is 41.1 Å². The van der Waals surface area contributed by atoms with Crippen LogP contribution in [0.3, 0.4) is 0 Å². The van der Waals surface area contributed by atoms with E-state index < -0.39 is 6.10 Å². The third-order valence-electron chi connectivity index (χ3n) is 5.22. The van der Waals surface area contributed by atoms with Crippen LogP contribution in [0, 0.1) is 5.82 Å². The van der Waals surface area contributed by atoms with Crippen molar-refractivity contribution in [2.24, 2.45) is 0 Å². The van der Waals surface area contributed by atoms with E-state index in [4.69, 9.17) is 11.6 Å². The number of halogens is 2. The van der Waals surface area contributed by atoms with Gasteiger partial charge in [-0.25, -0.2) is 4.39 Å². The van der Waals surface area contributed by atoms with Crippen LogP contribution in [0.15, 0.2) is 42.5 Å². The Labute approximate surface area is 157 Å². The molecule has 0 saturated carbocycles. The molecule has 2 heterocycles. The number of aromatic nitrogens is 1. The number of hydrogen-bond acceptors (Lipinski definition) is 2. The van der Waals surface area contributed by atoms with E-state index in [1.165, 1.54) is 28.8 Å². The number of aliphatic hydroxyl groups excluding tert-OH is 1. The van der Waals surface area contributed by atoms with Crippen LogP contribution < -0.4 is 0 Å². The monoisotopic (exact) mass is 372 g/mol. The fourth-order valence-electron chi connectivity index (χ4n) is 3.79. The van der Waals surface area contributed by atoms with Gasteiger partial charge in [0.1, 0.15) is 5.82 Å². The summed E-state index contributed by atoms with van der Waals surface area (Å²) in [6.45, 7) is 2.85. The van der Waals surface area contributed by atoms with Gasteiger partial charge >= 0.3 is 0 Å². The molecule has 2 N–H and O–H groups in total. The smallest absolute Gasteiger partial charge is 0.123 e. The molecule has 0 bridgehead atoms. The van der Waals surface area contributed by atoms with E-state index in [0.29, 0.717) is 6.42 Å². The Morgan fingerprint density at radius 3 is 2.81 bits per heavy atom. The first-order valence-corrected chi connectivity index (χ1v) is 9.43. The first-order chi connectivity index (χ1) is 12.6. The quantitative estimate of drug-likeness (QED) is 0.673. The molecule has 4 rings (SSSR count). The van der Waals surface area contributed by atoms with Crippen LogP contribution in [0.25, 0.3) is 10.9 Å². The Morgan fingerprint density at radius 2 is 2.00 bits per heavy atom. The summed E-state index contributed by atoms with van der Waals surface area (Å²) in [5.74, 6) is -0.274. The molecule has 3 aromatic rings. The number of fused-ring (bicyclic) bond motifs is 3. The second kappa shape index (κ2) is 7.39. The van der Waals surface area contributed by atoms with E-state index in [9.17, 15) is 9.50 Å². The van der Waals surface area contributed by atoms with Crippen molar-refractivity contribution in [3.8, 4) is 0 Å². The van der Waals surface area contributed by atoms with Crippen molar-refractivity contribution in [2.75, 3.05) is 13.1 Å². The minimum absolute atomic E-state index is 0.274. The van der Waals surface area contributed by atoms with Crippen LogP contribution in [0.5, 0.6) is 0 Å². The first-order valence-electron chi connectivity index (χ1n) is 9.05. The van der Waals surface area contributed by atoms with E-state index in [1.54, 1.807) is 12.1 Å². The number of rotatable bonds is 5. The predicted octanol–water partition coefficient (Wildman–Crippen LogP) is 4.83. The van der Waals surface area contributed by atoms with Crippen molar-refractivity contribution in [3.05, 3.63) is 70.1 Å². The van der Waals surface area contributed by atoms with E-state index in [1.807, 2.05) is 18.2 Å². The van der Waals surface area contributed by atoms with Crippen molar-refractivity contribution in [2.45, 2.75) is 31.9 Å². The van der Waals surface area contributed by atoms with E-state index in [-0.39, 0.29) is 5.82 Å². The lowest BCUT2D eigenvalue weighted by molar-refractivity contribution is 0.153. The van der Waals surface area contributed by atoms with Gasteiger partial charge in [-0.15, -0.1) is 0 Å². The lowest BCUT2D eigenvalue weighted by Gasteiger charge is -2.27. The highest BCUT2D eigenvalue weighted by Gasteiger charge is 2.20. The third kappa shape index (κ3) is 3.63. The van der Waals surface area contributed by atoms with Gasteiger partial charge in [0.15, 0.2) is 0 Å². The normalized spacial score (nSPS) is 16.0. The lowest BCUT2D eigenvalue weighted by Crippen LogP contribution is -2.31. The third-order valence-corrected chi connectivity index (χ3v) is 5.46. The molecule has 2 aromatic carbocycles. The summed E-state index contributed by atoms with van der Waals surface area (Å²) in [5.41, 5.74) is 4.57. The molecule has 1 aliphatic heterocycles. The largest absolute Gasteiger partial charge is 0.388 e. The second-order valence-electron chi connectivity index (χ2n) is 7.01. The molecule has 1 aromatic heterocycles. The molecule has 5 heteroatoms. The lowest BCUT2D eigenvalue weighted by atomic mass is 10.0. The average molecular weight is 373 g/mol. The molecule has 0 fully saturated rings. The van der Waals surface area contributed by atoms with Crippen molar-refractivity contribution >= 4 is 22.5 Å². The fourth-order valence-corrected chi connectivity index (χ4v) is 3.97. The Morgan fingerprint density at radius 1 is 1.19 bits per heavy atom. The fraction of sp³-hybridized carbons (Fsp3) is 0.333. The van der Waals surface area contributed by atoms with Crippen LogP contribution in [-0.4, -0.2) is 28.1 Å². The highest BCUT2D eigenvalue weighted by molar-refractivity contribution is 6.31. The van der Waals surface area contributed by atoms with Gasteiger partial charge in [0.05, 0.1) is 6.10 Å². The Bertz CT molecular complexity index is 906. The number of aromatic amines is 1. The van der Waals surface area contributed by atoms with Crippen LogP contribution in [0.1, 0.15) is 35.8 Å². The SMILES string of the molecule is OC(CCCN1CCc2[nH]c3ccc(Cl)cc3c2C1)c1ccc(F)cc1. The maximum absolute atomic E-state index is 13.0. The zero-order valence-corrected chi connectivity index (χ0v) is 15.3. The summed E-state index contributed by atoms with van der Waals surface area (Å²) in [6, 6.07) is 12.1. The van der Waals surface area contributed by atoms with Gasteiger partial charge in [-0.05, 0) is 60.8 Å². The number of hydrogen-bond donors (Lipinski definition) is 2. The molecule has 3 nitrogen and oxygen atoms in total. The number of aliphatic hydroxyl groups is 1. The Hall–Kier alpha value is -1.88. The minimum atomic E-state index is -0.539. The molecule has 0 saturated heterocycles. The summed E-state index contributed by atoms with van der Waals surface area (Å²) in [4.78, 5) is 5.93. The molecule has 0 radical (unpaired) electrons. The highest BCUT2D eigenvalue weighted by atomic mass is 35.5. The molecule has 1 aliphatic rings. The summed E-state index contributed by atoms with van der Waals surface area (Å²) in [7, 11) is 0. The molecule has 1 atom stereocenters. The zero-order chi connectivity index (χ0) is 18.1. The molecule has 26 heavy (non-hydrogen) atoms. The van der Waals surface area contributed by atoms with E-state index >= 15 is 0 Å². The number of nitrogens with zero attached hydrogens (tertiary/aromatic N) is 1. The van der Waals surface area contributed by atoms with Gasteiger partial charge in [0.2, 0.25) is 0 Å². The molecule has 0 aliphatic carbocycles. The molecule has 136 valence electrons. The maximum Gasteiger partial charge on any atom is 0.123 e. The van der Waals surface area contributed by atoms with Gasteiger partial charge in [-0.2, -0.15) is 0 Å². The van der Waals surface area contributed by atoms with Gasteiger partial charge < -0.3 is 10.1 Å². The minimum Gasteiger partial charge on any atom is -0.388 e. The van der Waals surface area contributed by atoms with Crippen molar-refractivity contribution in [1.29, 1.82) is 0 Å². The molecule has 0 amide bonds. The standard InChI is InChI=1S/C21H22ClFN2O/c22-15-5-8-19-17(12-15)18-13-25(11-9-20(18)24-19)10-1-2-21(26)14-3-6-16(23)7-4-14/h3-8,12,21,24,26H,1-2,9-11,13H2. The molecular weight excluding hydrogens is 351 g/mol. The van der Waals surface area contributed by atoms with E-state index in [0.717, 1.165) is 48.6 Å². The predicted molar refractivity (Wildman–Crippen MR) is 103 cm³/mol. The van der Waals surface area contributed by atoms with Crippen LogP contribution in [0.2, 0.25) is 5.02 Å². The summed E-state index contributed by atoms with van der Waals surface area (Å²) >= 11 is 6.16. The van der Waals surface area contributed by atoms with Crippen molar-refractivity contribution in [1.82, 2.24) is 9.88 Å². The van der Waals surface area contributed by atoms with Gasteiger partial charge in [-0.3, -0.25) is 4.90 Å². The Kier molecular flexibility index (Phi) is 4.98. The van der Waals surface area contributed by atoms with E-state index in [2.05, 4.69) is 9.88 Å². The summed E-state index contributed by atoms with van der Waals surface area (Å²) in [6.07, 6.45) is 2.04.